The third kappa shape index (κ3) is 2.66. The molecule has 1 aromatic heterocycles. The molecule has 2 fully saturated rings. The van der Waals surface area contributed by atoms with Gasteiger partial charge in [-0.3, -0.25) is 4.90 Å². The fourth-order valence-electron chi connectivity index (χ4n) is 2.42. The zero-order valence-electron chi connectivity index (χ0n) is 10.2. The molecule has 1 aliphatic carbocycles. The Morgan fingerprint density at radius 1 is 1.24 bits per heavy atom. The zero-order chi connectivity index (χ0) is 11.5. The first-order valence-electron chi connectivity index (χ1n) is 6.67. The minimum atomic E-state index is 0.568. The first-order valence-corrected chi connectivity index (χ1v) is 6.67. The predicted molar refractivity (Wildman–Crippen MR) is 63.7 cm³/mol. The Labute approximate surface area is 102 Å². The summed E-state index contributed by atoms with van der Waals surface area (Å²) in [6, 6.07) is 0. The van der Waals surface area contributed by atoms with Gasteiger partial charge >= 0.3 is 0 Å². The Bertz CT molecular complexity index is 353. The second kappa shape index (κ2) is 5.14. The maximum Gasteiger partial charge on any atom is 0.240 e. The van der Waals surface area contributed by atoms with Crippen LogP contribution in [0, 0.1) is 0 Å². The highest BCUT2D eigenvalue weighted by Gasteiger charge is 2.25. The lowest BCUT2D eigenvalue weighted by Gasteiger charge is -2.21. The van der Waals surface area contributed by atoms with Crippen LogP contribution in [0.5, 0.6) is 0 Å². The standard InChI is InChI=1S/C12H20N4O/c1-3-10(4-1)12-14-11(17-15-12)9-16-7-2-5-13-6-8-16/h10,13H,1-9H2. The minimum absolute atomic E-state index is 0.568. The van der Waals surface area contributed by atoms with E-state index in [1.54, 1.807) is 0 Å². The van der Waals surface area contributed by atoms with Crippen molar-refractivity contribution >= 4 is 0 Å². The number of aromatic nitrogens is 2. The molecule has 1 saturated carbocycles. The summed E-state index contributed by atoms with van der Waals surface area (Å²) in [6.07, 6.45) is 4.97. The summed E-state index contributed by atoms with van der Waals surface area (Å²) < 4.78 is 5.34. The van der Waals surface area contributed by atoms with Crippen LogP contribution in [0.1, 0.15) is 43.3 Å². The molecule has 2 heterocycles. The SMILES string of the molecule is C1CC(c2noc(CN3CCCNCC3)n2)C1. The normalized spacial score (nSPS) is 23.3. The molecule has 1 saturated heterocycles. The van der Waals surface area contributed by atoms with Gasteiger partial charge in [0.05, 0.1) is 6.54 Å². The fourth-order valence-corrected chi connectivity index (χ4v) is 2.42. The second-order valence-electron chi connectivity index (χ2n) is 5.05. The number of hydrogen-bond donors (Lipinski definition) is 1. The maximum absolute atomic E-state index is 5.34. The Kier molecular flexibility index (Phi) is 3.38. The molecule has 1 N–H and O–H groups in total. The van der Waals surface area contributed by atoms with Gasteiger partial charge in [0.15, 0.2) is 5.82 Å². The molecular weight excluding hydrogens is 216 g/mol. The smallest absolute Gasteiger partial charge is 0.240 e. The molecule has 0 bridgehead atoms. The van der Waals surface area contributed by atoms with Crippen LogP contribution in [0.2, 0.25) is 0 Å². The van der Waals surface area contributed by atoms with Crippen LogP contribution in [-0.4, -0.2) is 41.2 Å². The van der Waals surface area contributed by atoms with Crippen molar-refractivity contribution < 1.29 is 4.52 Å². The van der Waals surface area contributed by atoms with E-state index in [0.717, 1.165) is 44.4 Å². The van der Waals surface area contributed by atoms with Crippen LogP contribution in [0.4, 0.5) is 0 Å². The molecule has 1 aliphatic heterocycles. The average Bonchev–Trinajstić information content (AvgIpc) is 2.54. The molecule has 3 rings (SSSR count). The van der Waals surface area contributed by atoms with Crippen LogP contribution >= 0.6 is 0 Å². The van der Waals surface area contributed by atoms with Crippen molar-refractivity contribution in [3.05, 3.63) is 11.7 Å². The van der Waals surface area contributed by atoms with E-state index in [1.165, 1.54) is 25.7 Å². The number of nitrogens with zero attached hydrogens (tertiary/aromatic N) is 3. The Hall–Kier alpha value is -0.940. The molecule has 2 aliphatic rings. The first-order chi connectivity index (χ1) is 8.42. The molecule has 0 aromatic carbocycles. The van der Waals surface area contributed by atoms with Gasteiger partial charge in [0.2, 0.25) is 5.89 Å². The van der Waals surface area contributed by atoms with Gasteiger partial charge in [-0.2, -0.15) is 4.98 Å². The summed E-state index contributed by atoms with van der Waals surface area (Å²) in [6.45, 7) is 5.17. The average molecular weight is 236 g/mol. The highest BCUT2D eigenvalue weighted by molar-refractivity contribution is 4.99. The van der Waals surface area contributed by atoms with Crippen molar-refractivity contribution in [3.63, 3.8) is 0 Å². The summed E-state index contributed by atoms with van der Waals surface area (Å²) in [5.41, 5.74) is 0. The van der Waals surface area contributed by atoms with E-state index in [9.17, 15) is 0 Å². The van der Waals surface area contributed by atoms with E-state index < -0.39 is 0 Å². The van der Waals surface area contributed by atoms with Gasteiger partial charge in [0.25, 0.3) is 0 Å². The summed E-state index contributed by atoms with van der Waals surface area (Å²) >= 11 is 0. The van der Waals surface area contributed by atoms with E-state index in [0.29, 0.717) is 5.92 Å². The molecule has 0 radical (unpaired) electrons. The topological polar surface area (TPSA) is 54.2 Å². The Morgan fingerprint density at radius 3 is 3.00 bits per heavy atom. The number of hydrogen-bond acceptors (Lipinski definition) is 5. The zero-order valence-corrected chi connectivity index (χ0v) is 10.2. The summed E-state index contributed by atoms with van der Waals surface area (Å²) in [5.74, 6) is 2.28. The molecule has 0 atom stereocenters. The van der Waals surface area contributed by atoms with Crippen molar-refractivity contribution in [2.24, 2.45) is 0 Å². The van der Waals surface area contributed by atoms with Gasteiger partial charge in [-0.05, 0) is 32.4 Å². The van der Waals surface area contributed by atoms with E-state index in [-0.39, 0.29) is 0 Å². The van der Waals surface area contributed by atoms with Gasteiger partial charge < -0.3 is 9.84 Å². The summed E-state index contributed by atoms with van der Waals surface area (Å²) in [4.78, 5) is 6.90. The fraction of sp³-hybridized carbons (Fsp3) is 0.833. The minimum Gasteiger partial charge on any atom is -0.338 e. The second-order valence-corrected chi connectivity index (χ2v) is 5.05. The lowest BCUT2D eigenvalue weighted by Crippen LogP contribution is -2.27. The monoisotopic (exact) mass is 236 g/mol. The van der Waals surface area contributed by atoms with Crippen molar-refractivity contribution in [1.82, 2.24) is 20.4 Å². The quantitative estimate of drug-likeness (QED) is 0.852. The van der Waals surface area contributed by atoms with Crippen LogP contribution < -0.4 is 5.32 Å². The van der Waals surface area contributed by atoms with Crippen molar-refractivity contribution in [3.8, 4) is 0 Å². The van der Waals surface area contributed by atoms with Crippen LogP contribution in [0.25, 0.3) is 0 Å². The number of nitrogens with one attached hydrogen (secondary N) is 1. The van der Waals surface area contributed by atoms with E-state index in [1.807, 2.05) is 0 Å². The van der Waals surface area contributed by atoms with E-state index in [4.69, 9.17) is 4.52 Å². The predicted octanol–water partition coefficient (Wildman–Crippen LogP) is 1.13. The highest BCUT2D eigenvalue weighted by atomic mass is 16.5. The van der Waals surface area contributed by atoms with Crippen molar-refractivity contribution in [1.29, 1.82) is 0 Å². The molecule has 0 spiro atoms. The lowest BCUT2D eigenvalue weighted by molar-refractivity contribution is 0.238. The van der Waals surface area contributed by atoms with Crippen LogP contribution in [-0.2, 0) is 6.54 Å². The third-order valence-corrected chi connectivity index (χ3v) is 3.75. The van der Waals surface area contributed by atoms with E-state index in [2.05, 4.69) is 20.4 Å². The van der Waals surface area contributed by atoms with E-state index >= 15 is 0 Å². The van der Waals surface area contributed by atoms with Crippen LogP contribution in [0.3, 0.4) is 0 Å². The Balaban J connectivity index is 1.57. The van der Waals surface area contributed by atoms with Gasteiger partial charge in [0.1, 0.15) is 0 Å². The van der Waals surface area contributed by atoms with Crippen molar-refractivity contribution in [2.45, 2.75) is 38.1 Å². The molecular formula is C12H20N4O. The molecule has 17 heavy (non-hydrogen) atoms. The van der Waals surface area contributed by atoms with Gasteiger partial charge in [0, 0.05) is 19.0 Å². The highest BCUT2D eigenvalue weighted by Crippen LogP contribution is 2.34. The van der Waals surface area contributed by atoms with Gasteiger partial charge in [-0.1, -0.05) is 11.6 Å². The largest absolute Gasteiger partial charge is 0.338 e. The van der Waals surface area contributed by atoms with Gasteiger partial charge in [-0.15, -0.1) is 0 Å². The Morgan fingerprint density at radius 2 is 2.18 bits per heavy atom. The molecule has 94 valence electrons. The first kappa shape index (κ1) is 11.2. The van der Waals surface area contributed by atoms with Crippen molar-refractivity contribution in [2.75, 3.05) is 26.2 Å². The number of rotatable bonds is 3. The summed E-state index contributed by atoms with van der Waals surface area (Å²) in [7, 11) is 0. The molecule has 5 heteroatoms. The molecule has 5 nitrogen and oxygen atoms in total. The van der Waals surface area contributed by atoms with Gasteiger partial charge in [-0.25, -0.2) is 0 Å². The molecule has 0 amide bonds. The lowest BCUT2D eigenvalue weighted by atomic mass is 9.85. The summed E-state index contributed by atoms with van der Waals surface area (Å²) in [5, 5.41) is 7.50. The molecule has 1 aromatic rings. The third-order valence-electron chi connectivity index (χ3n) is 3.75. The maximum atomic E-state index is 5.34. The van der Waals surface area contributed by atoms with Crippen LogP contribution in [0.15, 0.2) is 4.52 Å². The molecule has 0 unspecified atom stereocenters.